The zero-order chi connectivity index (χ0) is 20.1. The molecule has 4 nitrogen and oxygen atoms in total. The lowest BCUT2D eigenvalue weighted by Gasteiger charge is -2.36. The van der Waals surface area contributed by atoms with Gasteiger partial charge in [-0.25, -0.2) is 4.39 Å². The highest BCUT2D eigenvalue weighted by Crippen LogP contribution is 2.40. The summed E-state index contributed by atoms with van der Waals surface area (Å²) in [6.07, 6.45) is 0.904. The molecule has 1 N–H and O–H groups in total. The molecule has 2 aromatic heterocycles. The second kappa shape index (κ2) is 7.01. The van der Waals surface area contributed by atoms with Crippen LogP contribution < -0.4 is 0 Å². The van der Waals surface area contributed by atoms with E-state index in [1.54, 1.807) is 10.7 Å². The molecule has 4 aromatic rings. The van der Waals surface area contributed by atoms with Crippen molar-refractivity contribution in [2.24, 2.45) is 7.05 Å². The SMILES string of the molecule is Cc1nn(C)c(Cl)c1CN1CCc2c([nH]c3ccccc23)C1c1ccccc1F. The third-order valence-electron chi connectivity index (χ3n) is 5.97. The number of halogens is 2. The summed E-state index contributed by atoms with van der Waals surface area (Å²) in [6, 6.07) is 15.1. The molecule has 1 aliphatic heterocycles. The van der Waals surface area contributed by atoms with E-state index in [4.69, 9.17) is 11.6 Å². The van der Waals surface area contributed by atoms with Gasteiger partial charge in [-0.3, -0.25) is 9.58 Å². The van der Waals surface area contributed by atoms with Crippen LogP contribution in [-0.2, 0) is 20.0 Å². The van der Waals surface area contributed by atoms with Crippen LogP contribution in [-0.4, -0.2) is 26.2 Å². The number of fused-ring (bicyclic) bond motifs is 3. The number of para-hydroxylation sites is 1. The number of benzene rings is 2. The van der Waals surface area contributed by atoms with Crippen LogP contribution >= 0.6 is 11.6 Å². The van der Waals surface area contributed by atoms with Gasteiger partial charge in [-0.05, 0) is 31.0 Å². The Labute approximate surface area is 173 Å². The second-order valence-electron chi connectivity index (χ2n) is 7.69. The maximum absolute atomic E-state index is 14.9. The quantitative estimate of drug-likeness (QED) is 0.509. The average molecular weight is 409 g/mol. The van der Waals surface area contributed by atoms with Gasteiger partial charge in [0.05, 0.1) is 11.7 Å². The Morgan fingerprint density at radius 2 is 1.93 bits per heavy atom. The number of aryl methyl sites for hydroxylation is 2. The summed E-state index contributed by atoms with van der Waals surface area (Å²) in [6.45, 7) is 3.41. The van der Waals surface area contributed by atoms with E-state index < -0.39 is 0 Å². The van der Waals surface area contributed by atoms with Crippen molar-refractivity contribution >= 4 is 22.5 Å². The summed E-state index contributed by atoms with van der Waals surface area (Å²) in [5.41, 5.74) is 6.02. The minimum atomic E-state index is -0.206. The molecule has 0 spiro atoms. The van der Waals surface area contributed by atoms with E-state index >= 15 is 0 Å². The van der Waals surface area contributed by atoms with Gasteiger partial charge in [0.1, 0.15) is 11.0 Å². The fourth-order valence-electron chi connectivity index (χ4n) is 4.57. The number of hydrogen-bond donors (Lipinski definition) is 1. The zero-order valence-electron chi connectivity index (χ0n) is 16.4. The van der Waals surface area contributed by atoms with Crippen LogP contribution in [0.3, 0.4) is 0 Å². The van der Waals surface area contributed by atoms with Crippen LogP contribution in [0.5, 0.6) is 0 Å². The largest absolute Gasteiger partial charge is 0.357 e. The number of hydrogen-bond acceptors (Lipinski definition) is 2. The molecule has 148 valence electrons. The Morgan fingerprint density at radius 1 is 1.17 bits per heavy atom. The third kappa shape index (κ3) is 2.96. The monoisotopic (exact) mass is 408 g/mol. The van der Waals surface area contributed by atoms with Crippen molar-refractivity contribution in [1.82, 2.24) is 19.7 Å². The number of H-pyrrole nitrogens is 1. The maximum Gasteiger partial charge on any atom is 0.131 e. The molecule has 0 radical (unpaired) electrons. The Hall–Kier alpha value is -2.63. The van der Waals surface area contributed by atoms with E-state index in [-0.39, 0.29) is 11.9 Å². The van der Waals surface area contributed by atoms with E-state index in [0.717, 1.165) is 35.4 Å². The molecule has 0 amide bonds. The number of aromatic amines is 1. The minimum Gasteiger partial charge on any atom is -0.357 e. The number of aromatic nitrogens is 3. The van der Waals surface area contributed by atoms with Crippen molar-refractivity contribution in [3.63, 3.8) is 0 Å². The minimum absolute atomic E-state index is 0.192. The van der Waals surface area contributed by atoms with Crippen molar-refractivity contribution in [2.75, 3.05) is 6.54 Å². The van der Waals surface area contributed by atoms with Gasteiger partial charge in [0, 0.05) is 47.9 Å². The van der Waals surface area contributed by atoms with Crippen molar-refractivity contribution in [3.05, 3.63) is 87.6 Å². The summed E-state index contributed by atoms with van der Waals surface area (Å²) in [7, 11) is 1.85. The van der Waals surface area contributed by atoms with Gasteiger partial charge in [-0.1, -0.05) is 48.0 Å². The van der Waals surface area contributed by atoms with Crippen LogP contribution in [0.25, 0.3) is 10.9 Å². The topological polar surface area (TPSA) is 36.9 Å². The molecule has 3 heterocycles. The fourth-order valence-corrected chi connectivity index (χ4v) is 4.80. The van der Waals surface area contributed by atoms with Gasteiger partial charge in [-0.2, -0.15) is 5.10 Å². The lowest BCUT2D eigenvalue weighted by molar-refractivity contribution is 0.198. The Kier molecular flexibility index (Phi) is 4.45. The average Bonchev–Trinajstić information content (AvgIpc) is 3.20. The summed E-state index contributed by atoms with van der Waals surface area (Å²) in [5.74, 6) is -0.192. The predicted molar refractivity (Wildman–Crippen MR) is 114 cm³/mol. The predicted octanol–water partition coefficient (Wildman–Crippen LogP) is 5.15. The van der Waals surface area contributed by atoms with Gasteiger partial charge in [0.15, 0.2) is 0 Å². The normalized spacial score (nSPS) is 17.0. The second-order valence-corrected chi connectivity index (χ2v) is 8.04. The molecular formula is C23H22ClFN4. The van der Waals surface area contributed by atoms with Gasteiger partial charge >= 0.3 is 0 Å². The number of nitrogens with zero attached hydrogens (tertiary/aromatic N) is 3. The first-order valence-electron chi connectivity index (χ1n) is 9.80. The van der Waals surface area contributed by atoms with E-state index in [1.807, 2.05) is 32.2 Å². The van der Waals surface area contributed by atoms with E-state index in [2.05, 4.69) is 33.2 Å². The third-order valence-corrected chi connectivity index (χ3v) is 6.44. The Morgan fingerprint density at radius 3 is 2.69 bits per heavy atom. The van der Waals surface area contributed by atoms with Crippen LogP contribution in [0.1, 0.15) is 34.1 Å². The van der Waals surface area contributed by atoms with Crippen LogP contribution in [0.2, 0.25) is 5.15 Å². The molecule has 1 unspecified atom stereocenters. The molecule has 0 saturated carbocycles. The van der Waals surface area contributed by atoms with Crippen LogP contribution in [0.4, 0.5) is 4.39 Å². The summed E-state index contributed by atoms with van der Waals surface area (Å²) in [5, 5.41) is 6.30. The van der Waals surface area contributed by atoms with Crippen LogP contribution in [0, 0.1) is 12.7 Å². The standard InChI is InChI=1S/C23H22ClFN4/c1-14-18(23(24)28(2)27-14)13-29-12-11-16-15-7-4-6-10-20(15)26-21(16)22(29)17-8-3-5-9-19(17)25/h3-10,22,26H,11-13H2,1-2H3. The molecule has 0 fully saturated rings. The summed E-state index contributed by atoms with van der Waals surface area (Å²) in [4.78, 5) is 5.88. The molecule has 5 rings (SSSR count). The summed E-state index contributed by atoms with van der Waals surface area (Å²) >= 11 is 6.51. The van der Waals surface area contributed by atoms with Crippen molar-refractivity contribution < 1.29 is 4.39 Å². The van der Waals surface area contributed by atoms with E-state index in [9.17, 15) is 4.39 Å². The lowest BCUT2D eigenvalue weighted by atomic mass is 9.91. The molecule has 0 saturated heterocycles. The molecule has 1 atom stereocenters. The van der Waals surface area contributed by atoms with Gasteiger partial charge in [0.2, 0.25) is 0 Å². The maximum atomic E-state index is 14.9. The molecular weight excluding hydrogens is 387 g/mol. The zero-order valence-corrected chi connectivity index (χ0v) is 17.2. The highest BCUT2D eigenvalue weighted by atomic mass is 35.5. The summed E-state index contributed by atoms with van der Waals surface area (Å²) < 4.78 is 16.6. The number of rotatable bonds is 3. The van der Waals surface area contributed by atoms with E-state index in [1.165, 1.54) is 17.0 Å². The Bertz CT molecular complexity index is 1210. The molecule has 6 heteroatoms. The van der Waals surface area contributed by atoms with Gasteiger partial charge in [-0.15, -0.1) is 0 Å². The van der Waals surface area contributed by atoms with Crippen molar-refractivity contribution in [2.45, 2.75) is 25.9 Å². The smallest absolute Gasteiger partial charge is 0.131 e. The molecule has 1 aliphatic rings. The molecule has 0 bridgehead atoms. The first-order chi connectivity index (χ1) is 14.0. The first kappa shape index (κ1) is 18.4. The molecule has 29 heavy (non-hydrogen) atoms. The van der Waals surface area contributed by atoms with Gasteiger partial charge < -0.3 is 4.98 Å². The fraction of sp³-hybridized carbons (Fsp3) is 0.261. The first-order valence-corrected chi connectivity index (χ1v) is 10.2. The lowest BCUT2D eigenvalue weighted by Crippen LogP contribution is -2.36. The van der Waals surface area contributed by atoms with E-state index in [0.29, 0.717) is 17.3 Å². The number of nitrogens with one attached hydrogen (secondary N) is 1. The highest BCUT2D eigenvalue weighted by molar-refractivity contribution is 6.30. The molecule has 0 aliphatic carbocycles. The van der Waals surface area contributed by atoms with Crippen LogP contribution in [0.15, 0.2) is 48.5 Å². The van der Waals surface area contributed by atoms with Gasteiger partial charge in [0.25, 0.3) is 0 Å². The van der Waals surface area contributed by atoms with Crippen molar-refractivity contribution in [1.29, 1.82) is 0 Å². The highest BCUT2D eigenvalue weighted by Gasteiger charge is 2.34. The molecule has 2 aromatic carbocycles. The van der Waals surface area contributed by atoms with Crippen molar-refractivity contribution in [3.8, 4) is 0 Å². The Balaban J connectivity index is 1.66.